The zero-order valence-corrected chi connectivity index (χ0v) is 25.1. The number of piperidine rings is 1. The molecule has 2 aliphatic heterocycles. The summed E-state index contributed by atoms with van der Waals surface area (Å²) in [5.74, 6) is 1.86. The molecule has 0 amide bonds. The van der Waals surface area contributed by atoms with Crippen LogP contribution in [0, 0.1) is 11.7 Å². The molecule has 3 N–H and O–H groups in total. The summed E-state index contributed by atoms with van der Waals surface area (Å²) in [5.41, 5.74) is 7.76. The average Bonchev–Trinajstić information content (AvgIpc) is 3.76. The van der Waals surface area contributed by atoms with Crippen molar-refractivity contribution in [1.82, 2.24) is 34.4 Å². The highest BCUT2D eigenvalue weighted by molar-refractivity contribution is 7.17. The molecule has 2 aliphatic rings. The van der Waals surface area contributed by atoms with E-state index in [1.54, 1.807) is 23.0 Å². The van der Waals surface area contributed by atoms with Crippen molar-refractivity contribution in [1.29, 1.82) is 0 Å². The van der Waals surface area contributed by atoms with Gasteiger partial charge in [-0.2, -0.15) is 9.50 Å². The SMILES string of the molecule is Cl.Nc1nc2c(sc(=O)n2CCN2CCN(c3ccc(OCC4CCNCC4)cc3F)CC2)c2nc(-c3ccco3)nn12. The first-order chi connectivity index (χ1) is 20.5. The summed E-state index contributed by atoms with van der Waals surface area (Å²) in [4.78, 5) is 26.3. The molecule has 0 unspecified atom stereocenters. The summed E-state index contributed by atoms with van der Waals surface area (Å²) < 4.78 is 30.1. The van der Waals surface area contributed by atoms with Crippen molar-refractivity contribution in [2.45, 2.75) is 19.4 Å². The van der Waals surface area contributed by atoms with Gasteiger partial charge >= 0.3 is 4.87 Å². The van der Waals surface area contributed by atoms with E-state index in [2.05, 4.69) is 30.2 Å². The topological polar surface area (TPSA) is 132 Å². The van der Waals surface area contributed by atoms with Crippen LogP contribution in [-0.2, 0) is 6.54 Å². The van der Waals surface area contributed by atoms with Crippen molar-refractivity contribution < 1.29 is 13.5 Å². The number of benzene rings is 1. The van der Waals surface area contributed by atoms with Gasteiger partial charge in [0, 0.05) is 45.3 Å². The highest BCUT2D eigenvalue weighted by atomic mass is 35.5. The molecule has 15 heteroatoms. The normalized spacial score (nSPS) is 16.6. The fourth-order valence-corrected chi connectivity index (χ4v) is 6.62. The van der Waals surface area contributed by atoms with Gasteiger partial charge in [0.05, 0.1) is 18.6 Å². The lowest BCUT2D eigenvalue weighted by atomic mass is 9.99. The Morgan fingerprint density at radius 1 is 1.09 bits per heavy atom. The van der Waals surface area contributed by atoms with Gasteiger partial charge in [-0.15, -0.1) is 17.5 Å². The van der Waals surface area contributed by atoms with Crippen molar-refractivity contribution in [3.63, 3.8) is 0 Å². The number of ether oxygens (including phenoxy) is 1. The molecule has 12 nitrogen and oxygen atoms in total. The summed E-state index contributed by atoms with van der Waals surface area (Å²) >= 11 is 1.08. The molecule has 0 spiro atoms. The molecule has 0 saturated carbocycles. The Bertz CT molecular complexity index is 1760. The van der Waals surface area contributed by atoms with E-state index in [0.29, 0.717) is 77.7 Å². The molecule has 1 aromatic carbocycles. The van der Waals surface area contributed by atoms with Crippen LogP contribution in [0.25, 0.3) is 27.6 Å². The second kappa shape index (κ2) is 12.5. The van der Waals surface area contributed by atoms with Crippen LogP contribution in [0.2, 0.25) is 0 Å². The third-order valence-corrected chi connectivity index (χ3v) is 9.04. The van der Waals surface area contributed by atoms with E-state index < -0.39 is 0 Å². The number of rotatable bonds is 8. The van der Waals surface area contributed by atoms with Crippen LogP contribution in [0.1, 0.15) is 12.8 Å². The summed E-state index contributed by atoms with van der Waals surface area (Å²) in [6.45, 7) is 6.64. The first-order valence-electron chi connectivity index (χ1n) is 14.2. The van der Waals surface area contributed by atoms with Gasteiger partial charge in [0.25, 0.3) is 0 Å². The summed E-state index contributed by atoms with van der Waals surface area (Å²) in [6.07, 6.45) is 3.73. The van der Waals surface area contributed by atoms with Crippen LogP contribution in [0.5, 0.6) is 5.75 Å². The van der Waals surface area contributed by atoms with Crippen molar-refractivity contribution >= 4 is 51.4 Å². The highest BCUT2D eigenvalue weighted by Gasteiger charge is 2.23. The predicted octanol–water partition coefficient (Wildman–Crippen LogP) is 3.10. The van der Waals surface area contributed by atoms with E-state index in [9.17, 15) is 4.79 Å². The molecule has 228 valence electrons. The Labute approximate surface area is 256 Å². The van der Waals surface area contributed by atoms with Gasteiger partial charge in [0.2, 0.25) is 11.8 Å². The smallest absolute Gasteiger partial charge is 0.309 e. The van der Waals surface area contributed by atoms with Gasteiger partial charge in [-0.1, -0.05) is 11.3 Å². The molecular weight excluding hydrogens is 597 g/mol. The number of fused-ring (bicyclic) bond motifs is 3. The van der Waals surface area contributed by atoms with Gasteiger partial charge in [-0.25, -0.2) is 9.37 Å². The lowest BCUT2D eigenvalue weighted by molar-refractivity contribution is 0.214. The van der Waals surface area contributed by atoms with Gasteiger partial charge in [0.15, 0.2) is 17.1 Å². The number of thiazole rings is 1. The standard InChI is InChI=1S/C28H32FN9O3S.ClH/c29-20-16-19(41-17-18-5-7-31-8-6-18)3-4-21(20)36-12-9-35(10-13-36)11-14-37-25-23(42-28(37)39)26-32-24(22-2-1-15-40-22)34-38(26)27(30)33-25;/h1-4,15-16,18,31H,5-14,17H2,(H2,30,33);1H. The van der Waals surface area contributed by atoms with Crippen LogP contribution in [0.15, 0.2) is 45.8 Å². The molecule has 0 atom stereocenters. The van der Waals surface area contributed by atoms with E-state index >= 15 is 4.39 Å². The highest BCUT2D eigenvalue weighted by Crippen LogP contribution is 2.27. The number of furan rings is 1. The summed E-state index contributed by atoms with van der Waals surface area (Å²) in [7, 11) is 0. The van der Waals surface area contributed by atoms with E-state index in [4.69, 9.17) is 14.9 Å². The van der Waals surface area contributed by atoms with E-state index in [0.717, 1.165) is 50.4 Å². The molecular formula is C28H33ClFN9O3S. The molecule has 0 aliphatic carbocycles. The van der Waals surface area contributed by atoms with E-state index in [1.165, 1.54) is 10.6 Å². The number of piperazine rings is 1. The van der Waals surface area contributed by atoms with Crippen LogP contribution < -0.4 is 25.6 Å². The van der Waals surface area contributed by atoms with Gasteiger partial charge in [0.1, 0.15) is 16.3 Å². The fraction of sp³-hybridized carbons (Fsp3) is 0.429. The van der Waals surface area contributed by atoms with Crippen LogP contribution >= 0.6 is 23.7 Å². The largest absolute Gasteiger partial charge is 0.493 e. The molecule has 0 bridgehead atoms. The fourth-order valence-electron chi connectivity index (χ4n) is 5.69. The number of nitrogens with zero attached hydrogens (tertiary/aromatic N) is 7. The Balaban J connectivity index is 0.00000329. The van der Waals surface area contributed by atoms with Gasteiger partial charge in [-0.3, -0.25) is 14.3 Å². The Kier molecular flexibility index (Phi) is 8.52. The zero-order chi connectivity index (χ0) is 28.6. The Morgan fingerprint density at radius 3 is 2.65 bits per heavy atom. The zero-order valence-electron chi connectivity index (χ0n) is 23.4. The number of nitrogen functional groups attached to an aromatic ring is 1. The first kappa shape index (κ1) is 29.4. The Morgan fingerprint density at radius 2 is 1.91 bits per heavy atom. The number of nitrogens with one attached hydrogen (secondary N) is 1. The minimum Gasteiger partial charge on any atom is -0.493 e. The van der Waals surface area contributed by atoms with Crippen LogP contribution in [-0.4, -0.2) is 81.5 Å². The maximum atomic E-state index is 15.0. The molecule has 2 fully saturated rings. The first-order valence-corrected chi connectivity index (χ1v) is 15.0. The van der Waals surface area contributed by atoms with Crippen LogP contribution in [0.3, 0.4) is 0 Å². The lowest BCUT2D eigenvalue weighted by Crippen LogP contribution is -2.47. The minimum atomic E-state index is -0.263. The lowest BCUT2D eigenvalue weighted by Gasteiger charge is -2.36. The maximum Gasteiger partial charge on any atom is 0.309 e. The number of nitrogens with two attached hydrogens (primary N) is 1. The summed E-state index contributed by atoms with van der Waals surface area (Å²) in [5, 5.41) is 7.76. The molecule has 0 radical (unpaired) electrons. The average molecular weight is 630 g/mol. The molecule has 5 aromatic rings. The molecule has 7 rings (SSSR count). The Hall–Kier alpha value is -3.72. The third kappa shape index (κ3) is 5.92. The monoisotopic (exact) mass is 629 g/mol. The molecule has 4 aromatic heterocycles. The second-order valence-corrected chi connectivity index (χ2v) is 11.7. The predicted molar refractivity (Wildman–Crippen MR) is 166 cm³/mol. The van der Waals surface area contributed by atoms with Gasteiger partial charge in [-0.05, 0) is 56.1 Å². The molecule has 43 heavy (non-hydrogen) atoms. The number of hydrogen-bond acceptors (Lipinski definition) is 11. The number of aromatic nitrogens is 5. The maximum absolute atomic E-state index is 15.0. The van der Waals surface area contributed by atoms with E-state index in [1.807, 2.05) is 12.1 Å². The van der Waals surface area contributed by atoms with Crippen LogP contribution in [0.4, 0.5) is 16.0 Å². The number of halogens is 2. The van der Waals surface area contributed by atoms with E-state index in [-0.39, 0.29) is 29.0 Å². The second-order valence-electron chi connectivity index (χ2n) is 10.7. The molecule has 2 saturated heterocycles. The van der Waals surface area contributed by atoms with Crippen molar-refractivity contribution in [3.8, 4) is 17.3 Å². The summed E-state index contributed by atoms with van der Waals surface area (Å²) in [6, 6.07) is 8.70. The third-order valence-electron chi connectivity index (χ3n) is 8.07. The number of anilines is 2. The van der Waals surface area contributed by atoms with Crippen molar-refractivity contribution in [2.24, 2.45) is 5.92 Å². The number of hydrogen-bond donors (Lipinski definition) is 2. The molecule has 6 heterocycles. The quantitative estimate of drug-likeness (QED) is 0.264. The van der Waals surface area contributed by atoms with Crippen molar-refractivity contribution in [2.75, 3.05) is 63.1 Å². The minimum absolute atomic E-state index is 0. The van der Waals surface area contributed by atoms with Gasteiger partial charge < -0.3 is 25.1 Å². The van der Waals surface area contributed by atoms with Crippen molar-refractivity contribution in [3.05, 3.63) is 52.1 Å².